The van der Waals surface area contributed by atoms with Gasteiger partial charge in [-0.3, -0.25) is 0 Å². The van der Waals surface area contributed by atoms with Crippen LogP contribution in [-0.2, 0) is 0 Å². The van der Waals surface area contributed by atoms with Crippen LogP contribution in [0.3, 0.4) is 0 Å². The molecule has 1 atom stereocenters. The SMILES string of the molecule is CCCCCCCCC(N)c1csc2ccccc12. The van der Waals surface area contributed by atoms with Gasteiger partial charge in [-0.05, 0) is 28.8 Å². The molecule has 2 N–H and O–H groups in total. The molecule has 0 spiro atoms. The molecule has 1 aromatic carbocycles. The zero-order chi connectivity index (χ0) is 13.5. The van der Waals surface area contributed by atoms with E-state index in [9.17, 15) is 0 Å². The van der Waals surface area contributed by atoms with Gasteiger partial charge in [0.25, 0.3) is 0 Å². The van der Waals surface area contributed by atoms with Crippen LogP contribution in [-0.4, -0.2) is 0 Å². The monoisotopic (exact) mass is 275 g/mol. The number of hydrogen-bond acceptors (Lipinski definition) is 2. The van der Waals surface area contributed by atoms with Crippen molar-refractivity contribution in [3.63, 3.8) is 0 Å². The summed E-state index contributed by atoms with van der Waals surface area (Å²) in [6, 6.07) is 8.79. The average molecular weight is 275 g/mol. The zero-order valence-corrected chi connectivity index (χ0v) is 12.7. The van der Waals surface area contributed by atoms with Crippen molar-refractivity contribution in [3.8, 4) is 0 Å². The van der Waals surface area contributed by atoms with Gasteiger partial charge in [-0.15, -0.1) is 11.3 Å². The fourth-order valence-electron chi connectivity index (χ4n) is 2.59. The quantitative estimate of drug-likeness (QED) is 0.619. The Hall–Kier alpha value is -0.860. The molecule has 0 aliphatic rings. The first-order chi connectivity index (χ1) is 9.33. The van der Waals surface area contributed by atoms with Gasteiger partial charge in [0.05, 0.1) is 0 Å². The molecule has 1 heterocycles. The van der Waals surface area contributed by atoms with E-state index < -0.39 is 0 Å². The summed E-state index contributed by atoms with van der Waals surface area (Å²) in [5, 5.41) is 3.60. The van der Waals surface area contributed by atoms with Gasteiger partial charge >= 0.3 is 0 Å². The lowest BCUT2D eigenvalue weighted by molar-refractivity contribution is 0.549. The van der Waals surface area contributed by atoms with Crippen LogP contribution >= 0.6 is 11.3 Å². The second-order valence-corrected chi connectivity index (χ2v) is 6.26. The largest absolute Gasteiger partial charge is 0.324 e. The summed E-state index contributed by atoms with van der Waals surface area (Å²) in [6.45, 7) is 2.26. The molecular weight excluding hydrogens is 250 g/mol. The lowest BCUT2D eigenvalue weighted by atomic mass is 10.00. The maximum atomic E-state index is 6.35. The molecule has 0 amide bonds. The van der Waals surface area contributed by atoms with Crippen LogP contribution in [0.15, 0.2) is 29.6 Å². The van der Waals surface area contributed by atoms with Gasteiger partial charge in [-0.1, -0.05) is 63.6 Å². The summed E-state index contributed by atoms with van der Waals surface area (Å²) in [5.41, 5.74) is 7.69. The Bertz CT molecular complexity index is 489. The van der Waals surface area contributed by atoms with E-state index >= 15 is 0 Å². The summed E-state index contributed by atoms with van der Waals surface area (Å²) in [5.74, 6) is 0. The molecule has 0 saturated carbocycles. The van der Waals surface area contributed by atoms with Crippen LogP contribution in [0.5, 0.6) is 0 Å². The minimum Gasteiger partial charge on any atom is -0.324 e. The second kappa shape index (κ2) is 7.66. The zero-order valence-electron chi connectivity index (χ0n) is 11.9. The standard InChI is InChI=1S/C17H25NS/c1-2-3-4-5-6-7-11-16(18)15-13-19-17-12-9-8-10-14(15)17/h8-10,12-13,16H,2-7,11,18H2,1H3. The van der Waals surface area contributed by atoms with E-state index in [4.69, 9.17) is 5.73 Å². The molecule has 2 aromatic rings. The van der Waals surface area contributed by atoms with Crippen LogP contribution in [0, 0.1) is 0 Å². The highest BCUT2D eigenvalue weighted by atomic mass is 32.1. The van der Waals surface area contributed by atoms with Gasteiger partial charge < -0.3 is 5.73 Å². The third-order valence-electron chi connectivity index (χ3n) is 3.78. The molecule has 1 unspecified atom stereocenters. The molecule has 0 fully saturated rings. The maximum Gasteiger partial charge on any atom is 0.0346 e. The Morgan fingerprint density at radius 2 is 1.79 bits per heavy atom. The summed E-state index contributed by atoms with van der Waals surface area (Å²) in [6.07, 6.45) is 9.15. The topological polar surface area (TPSA) is 26.0 Å². The molecule has 2 rings (SSSR count). The first kappa shape index (κ1) is 14.5. The Balaban J connectivity index is 1.81. The molecule has 1 nitrogen and oxygen atoms in total. The van der Waals surface area contributed by atoms with E-state index in [0.29, 0.717) is 0 Å². The Morgan fingerprint density at radius 1 is 1.05 bits per heavy atom. The third kappa shape index (κ3) is 4.05. The lowest BCUT2D eigenvalue weighted by Gasteiger charge is -2.10. The molecule has 1 aromatic heterocycles. The molecule has 19 heavy (non-hydrogen) atoms. The average Bonchev–Trinajstić information content (AvgIpc) is 2.86. The lowest BCUT2D eigenvalue weighted by Crippen LogP contribution is -2.09. The van der Waals surface area contributed by atoms with Crippen molar-refractivity contribution in [3.05, 3.63) is 35.2 Å². The van der Waals surface area contributed by atoms with Crippen LogP contribution in [0.1, 0.15) is 63.5 Å². The van der Waals surface area contributed by atoms with Crippen molar-refractivity contribution in [2.75, 3.05) is 0 Å². The predicted octanol–water partition coefficient (Wildman–Crippen LogP) is 5.65. The van der Waals surface area contributed by atoms with Gasteiger partial charge in [0.1, 0.15) is 0 Å². The highest BCUT2D eigenvalue weighted by molar-refractivity contribution is 7.17. The van der Waals surface area contributed by atoms with Gasteiger partial charge in [-0.2, -0.15) is 0 Å². The van der Waals surface area contributed by atoms with Crippen molar-refractivity contribution in [2.24, 2.45) is 5.73 Å². The molecular formula is C17H25NS. The number of benzene rings is 1. The summed E-state index contributed by atoms with van der Waals surface area (Å²) in [4.78, 5) is 0. The number of rotatable bonds is 8. The van der Waals surface area contributed by atoms with E-state index in [2.05, 4.69) is 36.6 Å². The van der Waals surface area contributed by atoms with Crippen molar-refractivity contribution < 1.29 is 0 Å². The number of nitrogens with two attached hydrogens (primary N) is 1. The van der Waals surface area contributed by atoms with Crippen molar-refractivity contribution in [2.45, 2.75) is 57.9 Å². The summed E-state index contributed by atoms with van der Waals surface area (Å²) >= 11 is 1.81. The predicted molar refractivity (Wildman–Crippen MR) is 86.7 cm³/mol. The van der Waals surface area contributed by atoms with Crippen molar-refractivity contribution in [1.29, 1.82) is 0 Å². The van der Waals surface area contributed by atoms with Crippen LogP contribution in [0.2, 0.25) is 0 Å². The van der Waals surface area contributed by atoms with E-state index in [1.807, 2.05) is 11.3 Å². The smallest absolute Gasteiger partial charge is 0.0346 e. The number of unbranched alkanes of at least 4 members (excludes halogenated alkanes) is 5. The van der Waals surface area contributed by atoms with Gasteiger partial charge in [-0.25, -0.2) is 0 Å². The maximum absolute atomic E-state index is 6.35. The fraction of sp³-hybridized carbons (Fsp3) is 0.529. The molecule has 104 valence electrons. The molecule has 0 radical (unpaired) electrons. The molecule has 0 saturated heterocycles. The van der Waals surface area contributed by atoms with Gasteiger partial charge in [0.2, 0.25) is 0 Å². The van der Waals surface area contributed by atoms with Crippen molar-refractivity contribution in [1.82, 2.24) is 0 Å². The second-order valence-electron chi connectivity index (χ2n) is 5.35. The third-order valence-corrected chi connectivity index (χ3v) is 4.76. The minimum atomic E-state index is 0.210. The first-order valence-electron chi connectivity index (χ1n) is 7.54. The number of hydrogen-bond donors (Lipinski definition) is 1. The first-order valence-corrected chi connectivity index (χ1v) is 8.42. The van der Waals surface area contributed by atoms with E-state index in [1.165, 1.54) is 54.2 Å². The Kier molecular flexibility index (Phi) is 5.87. The van der Waals surface area contributed by atoms with Crippen molar-refractivity contribution >= 4 is 21.4 Å². The van der Waals surface area contributed by atoms with Gasteiger partial charge in [0, 0.05) is 10.7 Å². The van der Waals surface area contributed by atoms with E-state index in [0.717, 1.165) is 6.42 Å². The van der Waals surface area contributed by atoms with E-state index in [-0.39, 0.29) is 6.04 Å². The molecule has 2 heteroatoms. The number of thiophene rings is 1. The highest BCUT2D eigenvalue weighted by Gasteiger charge is 2.11. The summed E-state index contributed by atoms with van der Waals surface area (Å²) in [7, 11) is 0. The van der Waals surface area contributed by atoms with E-state index in [1.54, 1.807) is 0 Å². The highest BCUT2D eigenvalue weighted by Crippen LogP contribution is 2.31. The normalized spacial score (nSPS) is 12.9. The Labute approximate surface area is 120 Å². The minimum absolute atomic E-state index is 0.210. The van der Waals surface area contributed by atoms with Gasteiger partial charge in [0.15, 0.2) is 0 Å². The molecule has 0 aliphatic carbocycles. The van der Waals surface area contributed by atoms with Crippen LogP contribution in [0.25, 0.3) is 10.1 Å². The fourth-order valence-corrected chi connectivity index (χ4v) is 3.61. The van der Waals surface area contributed by atoms with Crippen LogP contribution in [0.4, 0.5) is 0 Å². The van der Waals surface area contributed by atoms with Crippen LogP contribution < -0.4 is 5.73 Å². The Morgan fingerprint density at radius 3 is 2.63 bits per heavy atom. The summed E-state index contributed by atoms with van der Waals surface area (Å²) < 4.78 is 1.36. The molecule has 0 bridgehead atoms. The number of fused-ring (bicyclic) bond motifs is 1. The molecule has 0 aliphatic heterocycles.